The SMILES string of the molecule is CN(C)S(=O)(=O)c1ccc(OCCOC(=O)c2csc(-c3ccccc3)n2)cc1. The van der Waals surface area contributed by atoms with Crippen molar-refractivity contribution in [2.24, 2.45) is 0 Å². The molecule has 0 unspecified atom stereocenters. The molecule has 0 aliphatic carbocycles. The molecule has 29 heavy (non-hydrogen) atoms. The third-order valence-electron chi connectivity index (χ3n) is 3.92. The number of ether oxygens (including phenoxy) is 2. The molecule has 0 aliphatic heterocycles. The fourth-order valence-corrected chi connectivity index (χ4v) is 4.06. The van der Waals surface area contributed by atoms with Crippen molar-refractivity contribution >= 4 is 27.3 Å². The molecule has 0 atom stereocenters. The summed E-state index contributed by atoms with van der Waals surface area (Å²) < 4.78 is 35.9. The van der Waals surface area contributed by atoms with E-state index in [-0.39, 0.29) is 23.8 Å². The molecule has 0 amide bonds. The molecule has 0 N–H and O–H groups in total. The molecule has 7 nitrogen and oxygen atoms in total. The average Bonchev–Trinajstić information content (AvgIpc) is 3.22. The number of hydrogen-bond donors (Lipinski definition) is 0. The van der Waals surface area contributed by atoms with Gasteiger partial charge in [-0.2, -0.15) is 0 Å². The highest BCUT2D eigenvalue weighted by Gasteiger charge is 2.17. The number of benzene rings is 2. The molecule has 152 valence electrons. The van der Waals surface area contributed by atoms with E-state index in [4.69, 9.17) is 9.47 Å². The first kappa shape index (κ1) is 21.0. The second kappa shape index (κ2) is 9.17. The van der Waals surface area contributed by atoms with E-state index in [0.717, 1.165) is 14.9 Å². The van der Waals surface area contributed by atoms with Gasteiger partial charge < -0.3 is 9.47 Å². The van der Waals surface area contributed by atoms with Gasteiger partial charge in [-0.15, -0.1) is 11.3 Å². The van der Waals surface area contributed by atoms with Crippen molar-refractivity contribution in [3.63, 3.8) is 0 Å². The molecular weight excluding hydrogens is 412 g/mol. The van der Waals surface area contributed by atoms with Gasteiger partial charge in [-0.05, 0) is 24.3 Å². The Hall–Kier alpha value is -2.75. The maximum absolute atomic E-state index is 12.1. The van der Waals surface area contributed by atoms with Crippen LogP contribution in [0.25, 0.3) is 10.6 Å². The topological polar surface area (TPSA) is 85.8 Å². The summed E-state index contributed by atoms with van der Waals surface area (Å²) in [6.45, 7) is 0.190. The van der Waals surface area contributed by atoms with E-state index in [0.29, 0.717) is 5.75 Å². The summed E-state index contributed by atoms with van der Waals surface area (Å²) in [5.74, 6) is -0.0294. The fraction of sp³-hybridized carbons (Fsp3) is 0.200. The molecule has 0 saturated heterocycles. The van der Waals surface area contributed by atoms with Gasteiger partial charge in [-0.25, -0.2) is 22.5 Å². The zero-order valence-electron chi connectivity index (χ0n) is 15.9. The Kier molecular flexibility index (Phi) is 6.63. The highest BCUT2D eigenvalue weighted by atomic mass is 32.2. The predicted molar refractivity (Wildman–Crippen MR) is 111 cm³/mol. The van der Waals surface area contributed by atoms with E-state index in [1.807, 2.05) is 30.3 Å². The predicted octanol–water partition coefficient (Wildman–Crippen LogP) is 3.30. The van der Waals surface area contributed by atoms with Crippen molar-refractivity contribution in [3.8, 4) is 16.3 Å². The van der Waals surface area contributed by atoms with Crippen molar-refractivity contribution in [2.75, 3.05) is 27.3 Å². The summed E-state index contributed by atoms with van der Waals surface area (Å²) in [7, 11) is -0.533. The minimum Gasteiger partial charge on any atom is -0.490 e. The Bertz CT molecular complexity index is 1060. The standard InChI is InChI=1S/C20H20N2O5S2/c1-22(2)29(24,25)17-10-8-16(9-11-17)26-12-13-27-20(23)18-14-28-19(21-18)15-6-4-3-5-7-15/h3-11,14H,12-13H2,1-2H3. The van der Waals surface area contributed by atoms with E-state index >= 15 is 0 Å². The van der Waals surface area contributed by atoms with Gasteiger partial charge in [0.2, 0.25) is 10.0 Å². The molecule has 3 aromatic rings. The highest BCUT2D eigenvalue weighted by Crippen LogP contribution is 2.23. The molecule has 1 aromatic heterocycles. The first-order valence-corrected chi connectivity index (χ1v) is 11.0. The van der Waals surface area contributed by atoms with E-state index in [1.165, 1.54) is 37.6 Å². The van der Waals surface area contributed by atoms with Gasteiger partial charge in [0.25, 0.3) is 0 Å². The summed E-state index contributed by atoms with van der Waals surface area (Å²) in [6, 6.07) is 15.7. The highest BCUT2D eigenvalue weighted by molar-refractivity contribution is 7.89. The van der Waals surface area contributed by atoms with Crippen molar-refractivity contribution in [2.45, 2.75) is 4.90 Å². The van der Waals surface area contributed by atoms with Crippen LogP contribution in [-0.2, 0) is 14.8 Å². The lowest BCUT2D eigenvalue weighted by Crippen LogP contribution is -2.22. The quantitative estimate of drug-likeness (QED) is 0.401. The summed E-state index contributed by atoms with van der Waals surface area (Å²) in [6.07, 6.45) is 0. The van der Waals surface area contributed by atoms with Crippen LogP contribution >= 0.6 is 11.3 Å². The molecule has 0 aliphatic rings. The lowest BCUT2D eigenvalue weighted by atomic mass is 10.2. The number of esters is 1. The number of aromatic nitrogens is 1. The van der Waals surface area contributed by atoms with Crippen molar-refractivity contribution in [3.05, 3.63) is 65.7 Å². The largest absolute Gasteiger partial charge is 0.490 e. The summed E-state index contributed by atoms with van der Waals surface area (Å²) in [5.41, 5.74) is 1.20. The first-order valence-electron chi connectivity index (χ1n) is 8.71. The Morgan fingerprint density at radius 2 is 1.72 bits per heavy atom. The molecular formula is C20H20N2O5S2. The summed E-state index contributed by atoms with van der Waals surface area (Å²) in [4.78, 5) is 16.6. The van der Waals surface area contributed by atoms with Crippen LogP contribution in [0.3, 0.4) is 0 Å². The van der Waals surface area contributed by atoms with Gasteiger partial charge in [0.15, 0.2) is 5.69 Å². The van der Waals surface area contributed by atoms with Crippen LogP contribution in [0, 0.1) is 0 Å². The number of carbonyl (C=O) groups is 1. The molecule has 1 heterocycles. The van der Waals surface area contributed by atoms with Crippen LogP contribution < -0.4 is 4.74 Å². The lowest BCUT2D eigenvalue weighted by Gasteiger charge is -2.12. The smallest absolute Gasteiger partial charge is 0.357 e. The van der Waals surface area contributed by atoms with Gasteiger partial charge in [-0.1, -0.05) is 30.3 Å². The van der Waals surface area contributed by atoms with Crippen molar-refractivity contribution in [1.29, 1.82) is 0 Å². The molecule has 0 spiro atoms. The monoisotopic (exact) mass is 432 g/mol. The minimum atomic E-state index is -3.48. The van der Waals surface area contributed by atoms with Crippen LogP contribution in [0.1, 0.15) is 10.5 Å². The number of sulfonamides is 1. The number of carbonyl (C=O) groups excluding carboxylic acids is 1. The molecule has 2 aromatic carbocycles. The van der Waals surface area contributed by atoms with Gasteiger partial charge in [0, 0.05) is 25.0 Å². The van der Waals surface area contributed by atoms with E-state index < -0.39 is 16.0 Å². The molecule has 0 fully saturated rings. The summed E-state index contributed by atoms with van der Waals surface area (Å²) >= 11 is 1.38. The summed E-state index contributed by atoms with van der Waals surface area (Å²) in [5, 5.41) is 2.41. The number of nitrogens with zero attached hydrogens (tertiary/aromatic N) is 2. The van der Waals surface area contributed by atoms with Gasteiger partial charge in [0.1, 0.15) is 24.0 Å². The van der Waals surface area contributed by atoms with Crippen molar-refractivity contribution < 1.29 is 22.7 Å². The average molecular weight is 433 g/mol. The Morgan fingerprint density at radius 1 is 1.03 bits per heavy atom. The van der Waals surface area contributed by atoms with E-state index in [2.05, 4.69) is 4.98 Å². The molecule has 0 radical (unpaired) electrons. The van der Waals surface area contributed by atoms with Gasteiger partial charge >= 0.3 is 5.97 Å². The number of thiazole rings is 1. The van der Waals surface area contributed by atoms with Gasteiger partial charge in [0.05, 0.1) is 4.90 Å². The molecule has 9 heteroatoms. The minimum absolute atomic E-state index is 0.0504. The molecule has 3 rings (SSSR count). The Morgan fingerprint density at radius 3 is 2.38 bits per heavy atom. The normalized spacial score (nSPS) is 11.4. The Labute approximate surface area is 173 Å². The first-order chi connectivity index (χ1) is 13.9. The molecule has 0 saturated carbocycles. The van der Waals surface area contributed by atoms with Gasteiger partial charge in [-0.3, -0.25) is 0 Å². The van der Waals surface area contributed by atoms with Crippen LogP contribution in [0.4, 0.5) is 0 Å². The van der Waals surface area contributed by atoms with E-state index in [9.17, 15) is 13.2 Å². The second-order valence-corrected chi connectivity index (χ2v) is 9.16. The number of rotatable bonds is 8. The third kappa shape index (κ3) is 5.20. The second-order valence-electron chi connectivity index (χ2n) is 6.15. The zero-order valence-corrected chi connectivity index (χ0v) is 17.6. The number of hydrogen-bond acceptors (Lipinski definition) is 7. The van der Waals surface area contributed by atoms with Crippen LogP contribution in [0.15, 0.2) is 64.9 Å². The maximum atomic E-state index is 12.1. The lowest BCUT2D eigenvalue weighted by molar-refractivity contribution is 0.0444. The van der Waals surface area contributed by atoms with Crippen molar-refractivity contribution in [1.82, 2.24) is 9.29 Å². The fourth-order valence-electron chi connectivity index (χ4n) is 2.37. The van der Waals surface area contributed by atoms with E-state index in [1.54, 1.807) is 17.5 Å². The van der Waals surface area contributed by atoms with Crippen LogP contribution in [0.5, 0.6) is 5.75 Å². The molecule has 0 bridgehead atoms. The third-order valence-corrected chi connectivity index (χ3v) is 6.64. The Balaban J connectivity index is 1.48. The van der Waals surface area contributed by atoms with Crippen LogP contribution in [-0.4, -0.2) is 51.0 Å². The van der Waals surface area contributed by atoms with Crippen LogP contribution in [0.2, 0.25) is 0 Å². The maximum Gasteiger partial charge on any atom is 0.357 e. The zero-order chi connectivity index (χ0) is 20.9.